The lowest BCUT2D eigenvalue weighted by Crippen LogP contribution is -2.45. The largest absolute Gasteiger partial charge is 0.472 e. The Morgan fingerprint density at radius 1 is 0.446 bits per heavy atom. The third-order valence-corrected chi connectivity index (χ3v) is 16.2. The molecule has 0 saturated heterocycles. The SMILES string of the molecule is CCCCCCCCCCCCCCCCCCCCCCCCCCCC/C=C/CC/C=C/C(O)C(COP(=O)(O)OCC[N+](C)(C)C)NC(=O)CCCCCCCCCCCCCCCCCCCCCC. The van der Waals surface area contributed by atoms with Gasteiger partial charge in [-0.15, -0.1) is 0 Å². The first-order chi connectivity index (χ1) is 36.0. The number of carbonyl (C=O) groups excluding carboxylic acids is 1. The van der Waals surface area contributed by atoms with Gasteiger partial charge in [0.1, 0.15) is 13.2 Å². The van der Waals surface area contributed by atoms with Gasteiger partial charge >= 0.3 is 7.82 Å². The number of unbranched alkanes of at least 4 members (excludes halogenated alkanes) is 46. The fourth-order valence-electron chi connectivity index (χ4n) is 10.1. The number of aliphatic hydroxyl groups is 1. The van der Waals surface area contributed by atoms with Crippen LogP contribution in [0.2, 0.25) is 0 Å². The molecule has 3 unspecified atom stereocenters. The van der Waals surface area contributed by atoms with Crippen LogP contribution in [0.1, 0.15) is 335 Å². The number of phosphoric acid groups is 1. The zero-order valence-electron chi connectivity index (χ0n) is 50.4. The van der Waals surface area contributed by atoms with Crippen LogP contribution in [0.4, 0.5) is 0 Å². The van der Waals surface area contributed by atoms with E-state index in [9.17, 15) is 19.4 Å². The molecule has 0 radical (unpaired) electrons. The van der Waals surface area contributed by atoms with Crippen molar-refractivity contribution in [2.75, 3.05) is 40.9 Å². The van der Waals surface area contributed by atoms with E-state index in [-0.39, 0.29) is 19.1 Å². The van der Waals surface area contributed by atoms with Crippen molar-refractivity contribution in [2.45, 2.75) is 347 Å². The molecule has 0 aromatic heterocycles. The first-order valence-corrected chi connectivity index (χ1v) is 34.2. The summed E-state index contributed by atoms with van der Waals surface area (Å²) in [6, 6.07) is -0.861. The molecule has 3 N–H and O–H groups in total. The summed E-state index contributed by atoms with van der Waals surface area (Å²) in [6.45, 7) is 4.85. The van der Waals surface area contributed by atoms with Crippen molar-refractivity contribution in [3.8, 4) is 0 Å². The number of phosphoric ester groups is 1. The average molecular weight is 1070 g/mol. The molecule has 74 heavy (non-hydrogen) atoms. The molecule has 0 aliphatic rings. The van der Waals surface area contributed by atoms with Crippen molar-refractivity contribution in [3.63, 3.8) is 0 Å². The van der Waals surface area contributed by atoms with Crippen LogP contribution in [0.25, 0.3) is 0 Å². The standard InChI is InChI=1S/C65H129N2O6P/c1-6-8-10-12-14-16-18-20-22-24-26-28-29-30-31-32-33-34-35-36-37-38-39-40-42-44-46-48-50-52-54-56-58-64(68)63(62-73-74(70,71)72-61-60-67(3,4)5)66-65(69)59-57-55-53-51-49-47-45-43-41-27-25-23-21-19-17-15-13-11-9-7-2/h48,50,56,58,63-64,68H,6-47,49,51-55,57,59-62H2,1-5H3,(H-,66,69,70,71)/p+1/b50-48+,58-56+. The van der Waals surface area contributed by atoms with Crippen LogP contribution in [0.3, 0.4) is 0 Å². The van der Waals surface area contributed by atoms with Gasteiger partial charge in [0.15, 0.2) is 0 Å². The second kappa shape index (κ2) is 56.7. The highest BCUT2D eigenvalue weighted by molar-refractivity contribution is 7.47. The Kier molecular flexibility index (Phi) is 55.9. The maximum Gasteiger partial charge on any atom is 0.472 e. The van der Waals surface area contributed by atoms with Crippen molar-refractivity contribution in [1.82, 2.24) is 5.32 Å². The summed E-state index contributed by atoms with van der Waals surface area (Å²) in [5.41, 5.74) is 0. The number of likely N-dealkylation sites (N-methyl/N-ethyl adjacent to an activating group) is 1. The molecule has 0 saturated carbocycles. The van der Waals surface area contributed by atoms with Crippen LogP contribution in [-0.4, -0.2) is 73.4 Å². The van der Waals surface area contributed by atoms with E-state index >= 15 is 0 Å². The molecular weight excluding hydrogens is 936 g/mol. The fourth-order valence-corrected chi connectivity index (χ4v) is 10.8. The van der Waals surface area contributed by atoms with Crippen LogP contribution in [0.15, 0.2) is 24.3 Å². The second-order valence-electron chi connectivity index (χ2n) is 23.8. The van der Waals surface area contributed by atoms with E-state index in [0.717, 1.165) is 38.5 Å². The van der Waals surface area contributed by atoms with Crippen LogP contribution in [0.5, 0.6) is 0 Å². The lowest BCUT2D eigenvalue weighted by molar-refractivity contribution is -0.870. The molecule has 3 atom stereocenters. The minimum absolute atomic E-state index is 0.0589. The van der Waals surface area contributed by atoms with Crippen LogP contribution >= 0.6 is 7.82 Å². The molecule has 0 fully saturated rings. The third kappa shape index (κ3) is 58.7. The number of nitrogens with zero attached hydrogens (tertiary/aromatic N) is 1. The molecule has 8 nitrogen and oxygen atoms in total. The normalized spacial score (nSPS) is 13.9. The Balaban J connectivity index is 4.09. The molecular formula is C65H130N2O6P+. The summed E-state index contributed by atoms with van der Waals surface area (Å²) in [5.74, 6) is -0.179. The molecule has 9 heteroatoms. The molecule has 0 aliphatic heterocycles. The molecule has 440 valence electrons. The van der Waals surface area contributed by atoms with Gasteiger partial charge < -0.3 is 19.8 Å². The summed E-state index contributed by atoms with van der Waals surface area (Å²) in [6.07, 6.45) is 73.2. The van der Waals surface area contributed by atoms with E-state index < -0.39 is 20.0 Å². The van der Waals surface area contributed by atoms with E-state index in [0.29, 0.717) is 17.4 Å². The molecule has 0 heterocycles. The van der Waals surface area contributed by atoms with E-state index in [2.05, 4.69) is 31.3 Å². The Labute approximate surface area is 462 Å². The van der Waals surface area contributed by atoms with E-state index in [1.807, 2.05) is 27.2 Å². The number of nitrogens with one attached hydrogen (secondary N) is 1. The number of allylic oxidation sites excluding steroid dienone is 3. The molecule has 0 aliphatic carbocycles. The smallest absolute Gasteiger partial charge is 0.387 e. The third-order valence-electron chi connectivity index (χ3n) is 15.2. The van der Waals surface area contributed by atoms with Gasteiger partial charge in [0.25, 0.3) is 0 Å². The van der Waals surface area contributed by atoms with Gasteiger partial charge in [-0.2, -0.15) is 0 Å². The Hall–Kier alpha value is -1.02. The minimum atomic E-state index is -4.36. The lowest BCUT2D eigenvalue weighted by Gasteiger charge is -2.25. The number of carbonyl (C=O) groups is 1. The Morgan fingerprint density at radius 2 is 0.743 bits per heavy atom. The maximum atomic E-state index is 13.0. The van der Waals surface area contributed by atoms with Gasteiger partial charge in [-0.05, 0) is 32.1 Å². The van der Waals surface area contributed by atoms with E-state index in [4.69, 9.17) is 9.05 Å². The molecule has 0 spiro atoms. The van der Waals surface area contributed by atoms with E-state index in [1.54, 1.807) is 6.08 Å². The van der Waals surface area contributed by atoms with Gasteiger partial charge in [0, 0.05) is 6.42 Å². The summed E-state index contributed by atoms with van der Waals surface area (Å²) in [4.78, 5) is 23.3. The van der Waals surface area contributed by atoms with Gasteiger partial charge in [0.05, 0.1) is 39.9 Å². The fraction of sp³-hybridized carbons (Fsp3) is 0.923. The van der Waals surface area contributed by atoms with Crippen molar-refractivity contribution in [2.24, 2.45) is 0 Å². The summed E-state index contributed by atoms with van der Waals surface area (Å²) in [5, 5.41) is 14.0. The molecule has 0 rings (SSSR count). The molecule has 0 aromatic rings. The summed E-state index contributed by atoms with van der Waals surface area (Å²) >= 11 is 0. The predicted octanol–water partition coefficient (Wildman–Crippen LogP) is 20.3. The number of rotatable bonds is 61. The zero-order chi connectivity index (χ0) is 54.2. The highest BCUT2D eigenvalue weighted by atomic mass is 31.2. The maximum absolute atomic E-state index is 13.0. The second-order valence-corrected chi connectivity index (χ2v) is 25.3. The molecule has 0 bridgehead atoms. The van der Waals surface area contributed by atoms with Crippen molar-refractivity contribution in [3.05, 3.63) is 24.3 Å². The van der Waals surface area contributed by atoms with Crippen LogP contribution in [-0.2, 0) is 18.4 Å². The number of aliphatic hydroxyl groups excluding tert-OH is 1. The summed E-state index contributed by atoms with van der Waals surface area (Å²) in [7, 11) is 1.57. The Bertz CT molecular complexity index is 1260. The predicted molar refractivity (Wildman–Crippen MR) is 323 cm³/mol. The average Bonchev–Trinajstić information content (AvgIpc) is 3.36. The first kappa shape index (κ1) is 73.0. The highest BCUT2D eigenvalue weighted by Crippen LogP contribution is 2.43. The Morgan fingerprint density at radius 3 is 1.08 bits per heavy atom. The topological polar surface area (TPSA) is 105 Å². The number of quaternary nitrogens is 1. The van der Waals surface area contributed by atoms with Crippen LogP contribution in [0, 0.1) is 0 Å². The number of hydrogen-bond acceptors (Lipinski definition) is 5. The van der Waals surface area contributed by atoms with Crippen molar-refractivity contribution < 1.29 is 32.9 Å². The quantitative estimate of drug-likeness (QED) is 0.0243. The van der Waals surface area contributed by atoms with Gasteiger partial charge in [-0.25, -0.2) is 4.57 Å². The number of hydrogen-bond donors (Lipinski definition) is 3. The van der Waals surface area contributed by atoms with Crippen molar-refractivity contribution in [1.29, 1.82) is 0 Å². The molecule has 1 amide bonds. The van der Waals surface area contributed by atoms with Gasteiger partial charge in [-0.3, -0.25) is 13.8 Å². The molecule has 0 aromatic carbocycles. The highest BCUT2D eigenvalue weighted by Gasteiger charge is 2.28. The summed E-state index contributed by atoms with van der Waals surface area (Å²) < 4.78 is 23.8. The lowest BCUT2D eigenvalue weighted by atomic mass is 10.0. The van der Waals surface area contributed by atoms with E-state index in [1.165, 1.54) is 276 Å². The van der Waals surface area contributed by atoms with Crippen molar-refractivity contribution >= 4 is 13.7 Å². The van der Waals surface area contributed by atoms with Gasteiger partial charge in [-0.1, -0.05) is 321 Å². The first-order valence-electron chi connectivity index (χ1n) is 32.7. The minimum Gasteiger partial charge on any atom is -0.387 e. The van der Waals surface area contributed by atoms with Crippen LogP contribution < -0.4 is 5.32 Å². The monoisotopic (exact) mass is 1070 g/mol. The zero-order valence-corrected chi connectivity index (χ0v) is 51.3. The van der Waals surface area contributed by atoms with Gasteiger partial charge in [0.2, 0.25) is 5.91 Å². The number of amides is 1.